The zero-order valence-electron chi connectivity index (χ0n) is 16.4. The molecule has 0 bridgehead atoms. The minimum Gasteiger partial charge on any atom is -0.481 e. The Hall–Kier alpha value is -2.12. The summed E-state index contributed by atoms with van der Waals surface area (Å²) in [6.07, 6.45) is -1.82. The molecule has 8 heteroatoms. The van der Waals surface area contributed by atoms with Gasteiger partial charge >= 0.3 is 5.97 Å². The summed E-state index contributed by atoms with van der Waals surface area (Å²) in [7, 11) is 0. The molecule has 1 aliphatic rings. The van der Waals surface area contributed by atoms with Crippen LogP contribution in [0.1, 0.15) is 43.0 Å². The number of hydrogen-bond donors (Lipinski definition) is 2. The quantitative estimate of drug-likeness (QED) is 0.656. The van der Waals surface area contributed by atoms with Crippen LogP contribution in [0.4, 0.5) is 0 Å². The van der Waals surface area contributed by atoms with Crippen molar-refractivity contribution in [2.75, 3.05) is 6.61 Å². The van der Waals surface area contributed by atoms with Crippen molar-refractivity contribution in [2.24, 2.45) is 0 Å². The summed E-state index contributed by atoms with van der Waals surface area (Å²) < 4.78 is 6.07. The van der Waals surface area contributed by atoms with Crippen LogP contribution in [0.15, 0.2) is 48.5 Å². The number of morpholine rings is 1. The maximum Gasteiger partial charge on any atom is 0.306 e. The molecule has 0 aliphatic carbocycles. The number of carboxylic acid groups (broad SMARTS) is 1. The number of benzene rings is 2. The van der Waals surface area contributed by atoms with Gasteiger partial charge in [-0.3, -0.25) is 9.59 Å². The van der Waals surface area contributed by atoms with E-state index in [9.17, 15) is 19.8 Å². The van der Waals surface area contributed by atoms with Gasteiger partial charge in [-0.2, -0.15) is 0 Å². The van der Waals surface area contributed by atoms with E-state index < -0.39 is 42.6 Å². The fourth-order valence-electron chi connectivity index (χ4n) is 3.81. The summed E-state index contributed by atoms with van der Waals surface area (Å²) in [6.45, 7) is 1.61. The van der Waals surface area contributed by atoms with Gasteiger partial charge in [-0.15, -0.1) is 0 Å². The highest BCUT2D eigenvalue weighted by Gasteiger charge is 2.46. The summed E-state index contributed by atoms with van der Waals surface area (Å²) >= 11 is 12.2. The molecule has 30 heavy (non-hydrogen) atoms. The smallest absolute Gasteiger partial charge is 0.306 e. The van der Waals surface area contributed by atoms with Crippen molar-refractivity contribution in [2.45, 2.75) is 44.1 Å². The molecule has 0 aromatic heterocycles. The Bertz CT molecular complexity index is 901. The number of aliphatic carboxylic acids is 1. The molecule has 2 N–H and O–H groups in total. The Balaban J connectivity index is 2.16. The highest BCUT2D eigenvalue weighted by Crippen LogP contribution is 2.44. The van der Waals surface area contributed by atoms with Crippen molar-refractivity contribution >= 4 is 35.1 Å². The van der Waals surface area contributed by atoms with Crippen LogP contribution < -0.4 is 0 Å². The SMILES string of the molecule is CC[C@@H](CO)N1C(=O)C(CC(=O)O)O[C@@H](c2cccc(Cl)c2)[C@H]1c1ccc(Cl)cc1. The number of carboxylic acids is 1. The van der Waals surface area contributed by atoms with Crippen molar-refractivity contribution in [3.63, 3.8) is 0 Å². The molecule has 2 aromatic carbocycles. The van der Waals surface area contributed by atoms with Crippen LogP contribution in [-0.4, -0.2) is 45.7 Å². The largest absolute Gasteiger partial charge is 0.481 e. The third kappa shape index (κ3) is 4.78. The first kappa shape index (κ1) is 22.6. The van der Waals surface area contributed by atoms with Crippen LogP contribution in [0.25, 0.3) is 0 Å². The molecule has 1 heterocycles. The first-order valence-electron chi connectivity index (χ1n) is 9.66. The Morgan fingerprint density at radius 1 is 1.13 bits per heavy atom. The second-order valence-corrected chi connectivity index (χ2v) is 8.06. The fourth-order valence-corrected chi connectivity index (χ4v) is 4.14. The van der Waals surface area contributed by atoms with Gasteiger partial charge in [0.15, 0.2) is 0 Å². The number of rotatable bonds is 7. The average molecular weight is 452 g/mol. The van der Waals surface area contributed by atoms with Crippen LogP contribution in [-0.2, 0) is 14.3 Å². The number of amides is 1. The molecule has 3 rings (SSSR count). The molecule has 6 nitrogen and oxygen atoms in total. The molecule has 0 spiro atoms. The first-order chi connectivity index (χ1) is 14.3. The van der Waals surface area contributed by atoms with Gasteiger partial charge in [0.1, 0.15) is 12.2 Å². The molecule has 1 unspecified atom stereocenters. The van der Waals surface area contributed by atoms with E-state index in [1.807, 2.05) is 13.0 Å². The van der Waals surface area contributed by atoms with E-state index in [-0.39, 0.29) is 6.61 Å². The third-order valence-corrected chi connectivity index (χ3v) is 5.74. The molecule has 0 radical (unpaired) electrons. The maximum atomic E-state index is 13.3. The van der Waals surface area contributed by atoms with Crippen molar-refractivity contribution in [1.29, 1.82) is 0 Å². The summed E-state index contributed by atoms with van der Waals surface area (Å²) in [5.74, 6) is -1.60. The number of carbonyl (C=O) groups is 2. The molecule has 160 valence electrons. The predicted octanol–water partition coefficient (Wildman–Crippen LogP) is 4.25. The molecule has 4 atom stereocenters. The van der Waals surface area contributed by atoms with E-state index >= 15 is 0 Å². The Kier molecular flexibility index (Phi) is 7.36. The molecular formula is C22H23Cl2NO5. The van der Waals surface area contributed by atoms with Crippen LogP contribution in [0.2, 0.25) is 10.0 Å². The van der Waals surface area contributed by atoms with E-state index in [4.69, 9.17) is 27.9 Å². The molecule has 2 aromatic rings. The summed E-state index contributed by atoms with van der Waals surface area (Å²) in [4.78, 5) is 26.2. The lowest BCUT2D eigenvalue weighted by molar-refractivity contribution is -0.184. The lowest BCUT2D eigenvalue weighted by Gasteiger charge is -2.47. The third-order valence-electron chi connectivity index (χ3n) is 5.25. The fraction of sp³-hybridized carbons (Fsp3) is 0.364. The summed E-state index contributed by atoms with van der Waals surface area (Å²) in [5.41, 5.74) is 1.47. The van der Waals surface area contributed by atoms with Crippen molar-refractivity contribution < 1.29 is 24.5 Å². The Morgan fingerprint density at radius 3 is 2.40 bits per heavy atom. The molecule has 1 aliphatic heterocycles. The second-order valence-electron chi connectivity index (χ2n) is 7.18. The van der Waals surface area contributed by atoms with E-state index in [2.05, 4.69) is 0 Å². The van der Waals surface area contributed by atoms with Crippen LogP contribution in [0, 0.1) is 0 Å². The van der Waals surface area contributed by atoms with Gasteiger partial charge in [0.2, 0.25) is 0 Å². The van der Waals surface area contributed by atoms with Crippen LogP contribution in [0.3, 0.4) is 0 Å². The lowest BCUT2D eigenvalue weighted by Crippen LogP contribution is -2.56. The number of aliphatic hydroxyl groups excluding tert-OH is 1. The number of ether oxygens (including phenoxy) is 1. The van der Waals surface area contributed by atoms with Gasteiger partial charge < -0.3 is 19.8 Å². The topological polar surface area (TPSA) is 87.1 Å². The van der Waals surface area contributed by atoms with Crippen LogP contribution in [0.5, 0.6) is 0 Å². The van der Waals surface area contributed by atoms with Gasteiger partial charge in [-0.1, -0.05) is 54.4 Å². The molecule has 1 amide bonds. The number of nitrogens with zero attached hydrogens (tertiary/aromatic N) is 1. The number of carbonyl (C=O) groups excluding carboxylic acids is 1. The zero-order valence-corrected chi connectivity index (χ0v) is 17.9. The molecular weight excluding hydrogens is 429 g/mol. The summed E-state index contributed by atoms with van der Waals surface area (Å²) in [5, 5.41) is 20.3. The van der Waals surface area contributed by atoms with E-state index in [0.29, 0.717) is 22.0 Å². The Morgan fingerprint density at radius 2 is 1.83 bits per heavy atom. The molecule has 1 fully saturated rings. The molecule has 1 saturated heterocycles. The minimum absolute atomic E-state index is 0.256. The highest BCUT2D eigenvalue weighted by molar-refractivity contribution is 6.30. The molecule has 0 saturated carbocycles. The van der Waals surface area contributed by atoms with Crippen molar-refractivity contribution in [1.82, 2.24) is 4.90 Å². The van der Waals surface area contributed by atoms with Crippen LogP contribution >= 0.6 is 23.2 Å². The normalized spacial score (nSPS) is 22.7. The zero-order chi connectivity index (χ0) is 21.8. The number of halogens is 2. The highest BCUT2D eigenvalue weighted by atomic mass is 35.5. The van der Waals surface area contributed by atoms with E-state index in [0.717, 1.165) is 5.56 Å². The van der Waals surface area contributed by atoms with Gasteiger partial charge in [-0.05, 0) is 41.8 Å². The van der Waals surface area contributed by atoms with Gasteiger partial charge in [0.05, 0.1) is 25.1 Å². The average Bonchev–Trinajstić information content (AvgIpc) is 2.71. The standard InChI is InChI=1S/C22H23Cl2NO5/c1-2-17(12-26)25-20(13-6-8-15(23)9-7-13)21(14-4-3-5-16(24)10-14)30-18(22(25)29)11-19(27)28/h3-10,17-18,20-21,26H,2,11-12H2,1H3,(H,27,28)/t17-,18?,20+,21-/m0/s1. The maximum absolute atomic E-state index is 13.3. The van der Waals surface area contributed by atoms with Gasteiger partial charge in [-0.25, -0.2) is 0 Å². The number of hydrogen-bond acceptors (Lipinski definition) is 4. The van der Waals surface area contributed by atoms with Crippen molar-refractivity contribution in [3.8, 4) is 0 Å². The van der Waals surface area contributed by atoms with Crippen molar-refractivity contribution in [3.05, 3.63) is 69.7 Å². The van der Waals surface area contributed by atoms with E-state index in [1.165, 1.54) is 0 Å². The monoisotopic (exact) mass is 451 g/mol. The second kappa shape index (κ2) is 9.79. The minimum atomic E-state index is -1.17. The predicted molar refractivity (Wildman–Crippen MR) is 114 cm³/mol. The van der Waals surface area contributed by atoms with Gasteiger partial charge in [0, 0.05) is 10.0 Å². The van der Waals surface area contributed by atoms with Gasteiger partial charge in [0.25, 0.3) is 5.91 Å². The first-order valence-corrected chi connectivity index (χ1v) is 10.4. The van der Waals surface area contributed by atoms with E-state index in [1.54, 1.807) is 47.4 Å². The Labute approximate surface area is 185 Å². The summed E-state index contributed by atoms with van der Waals surface area (Å²) in [6, 6.07) is 13.0. The number of aliphatic hydroxyl groups is 1. The lowest BCUT2D eigenvalue weighted by atomic mass is 9.89.